The third-order valence-corrected chi connectivity index (χ3v) is 5.82. The van der Waals surface area contributed by atoms with Crippen molar-refractivity contribution in [3.8, 4) is 0 Å². The van der Waals surface area contributed by atoms with E-state index in [0.29, 0.717) is 28.7 Å². The van der Waals surface area contributed by atoms with Crippen molar-refractivity contribution in [2.24, 2.45) is 23.2 Å². The molecular formula is C16H20ClNO2. The van der Waals surface area contributed by atoms with Gasteiger partial charge in [-0.15, -0.1) is 0 Å². The van der Waals surface area contributed by atoms with Crippen LogP contribution in [0.3, 0.4) is 0 Å². The van der Waals surface area contributed by atoms with Gasteiger partial charge in [0.05, 0.1) is 5.56 Å². The number of fused-ring (bicyclic) bond motifs is 2. The number of nitrogens with zero attached hydrogens (tertiary/aromatic N) is 1. The number of hydrogen-bond acceptors (Lipinski definition) is 3. The summed E-state index contributed by atoms with van der Waals surface area (Å²) in [6.45, 7) is 6.86. The molecular weight excluding hydrogens is 274 g/mol. The van der Waals surface area contributed by atoms with Crippen molar-refractivity contribution in [1.82, 2.24) is 4.98 Å². The molecule has 0 unspecified atom stereocenters. The monoisotopic (exact) mass is 293 g/mol. The Morgan fingerprint density at radius 3 is 2.80 bits per heavy atom. The van der Waals surface area contributed by atoms with Crippen molar-refractivity contribution in [1.29, 1.82) is 0 Å². The van der Waals surface area contributed by atoms with E-state index in [9.17, 15) is 4.79 Å². The van der Waals surface area contributed by atoms with E-state index < -0.39 is 0 Å². The quantitative estimate of drug-likeness (QED) is 0.612. The first kappa shape index (κ1) is 13.9. The van der Waals surface area contributed by atoms with Crippen LogP contribution in [-0.4, -0.2) is 17.1 Å². The van der Waals surface area contributed by atoms with Crippen LogP contribution >= 0.6 is 11.6 Å². The summed E-state index contributed by atoms with van der Waals surface area (Å²) >= 11 is 5.94. The van der Waals surface area contributed by atoms with Crippen LogP contribution in [0, 0.1) is 23.2 Å². The Balaban J connectivity index is 1.71. The molecule has 2 bridgehead atoms. The van der Waals surface area contributed by atoms with Gasteiger partial charge in [0, 0.05) is 6.20 Å². The van der Waals surface area contributed by atoms with Crippen LogP contribution in [0.1, 0.15) is 44.0 Å². The highest BCUT2D eigenvalue weighted by molar-refractivity contribution is 6.32. The number of aromatic nitrogens is 1. The number of esters is 1. The zero-order chi connectivity index (χ0) is 14.5. The van der Waals surface area contributed by atoms with Crippen molar-refractivity contribution < 1.29 is 9.53 Å². The van der Waals surface area contributed by atoms with Crippen molar-refractivity contribution in [2.75, 3.05) is 0 Å². The SMILES string of the molecule is C[C@H]1[C@@H](OC(=O)c2cccnc2Cl)C[C@H]2C[C@H]1C2(C)C. The molecule has 0 aliphatic heterocycles. The predicted molar refractivity (Wildman–Crippen MR) is 77.6 cm³/mol. The minimum Gasteiger partial charge on any atom is -0.458 e. The van der Waals surface area contributed by atoms with Crippen LogP contribution in [0.5, 0.6) is 0 Å². The Kier molecular flexibility index (Phi) is 3.28. The van der Waals surface area contributed by atoms with Crippen molar-refractivity contribution in [3.05, 3.63) is 29.0 Å². The lowest BCUT2D eigenvalue weighted by Gasteiger charge is -2.61. The van der Waals surface area contributed by atoms with Crippen molar-refractivity contribution >= 4 is 17.6 Å². The number of carbonyl (C=O) groups excluding carboxylic acids is 1. The van der Waals surface area contributed by atoms with Gasteiger partial charge in [0.1, 0.15) is 11.3 Å². The smallest absolute Gasteiger partial charge is 0.341 e. The van der Waals surface area contributed by atoms with Gasteiger partial charge in [-0.2, -0.15) is 0 Å². The Morgan fingerprint density at radius 2 is 2.20 bits per heavy atom. The highest BCUT2D eigenvalue weighted by Gasteiger charge is 2.57. The summed E-state index contributed by atoms with van der Waals surface area (Å²) in [5.41, 5.74) is 0.758. The van der Waals surface area contributed by atoms with E-state index in [1.807, 2.05) is 0 Å². The minimum atomic E-state index is -0.348. The summed E-state index contributed by atoms with van der Waals surface area (Å²) in [5, 5.41) is 0.214. The van der Waals surface area contributed by atoms with Gasteiger partial charge in [0.25, 0.3) is 0 Å². The zero-order valence-electron chi connectivity index (χ0n) is 12.1. The van der Waals surface area contributed by atoms with Crippen molar-refractivity contribution in [3.63, 3.8) is 0 Å². The Morgan fingerprint density at radius 1 is 1.45 bits per heavy atom. The summed E-state index contributed by atoms with van der Waals surface area (Å²) in [5.74, 6) is 1.39. The molecule has 0 spiro atoms. The van der Waals surface area contributed by atoms with Crippen LogP contribution in [-0.2, 0) is 4.74 Å². The summed E-state index contributed by atoms with van der Waals surface area (Å²) in [7, 11) is 0. The molecule has 3 aliphatic carbocycles. The molecule has 0 radical (unpaired) electrons. The minimum absolute atomic E-state index is 0.00977. The maximum absolute atomic E-state index is 12.2. The lowest BCUT2D eigenvalue weighted by Crippen LogP contribution is -2.57. The Bertz CT molecular complexity index is 543. The predicted octanol–water partition coefficient (Wildman–Crippen LogP) is 3.96. The first-order chi connectivity index (χ1) is 9.41. The molecule has 4 rings (SSSR count). The van der Waals surface area contributed by atoms with Gasteiger partial charge >= 0.3 is 5.97 Å². The van der Waals surface area contributed by atoms with E-state index in [1.165, 1.54) is 6.42 Å². The molecule has 0 aromatic carbocycles. The molecule has 3 nitrogen and oxygen atoms in total. The van der Waals surface area contributed by atoms with E-state index in [0.717, 1.165) is 6.42 Å². The second-order valence-electron chi connectivity index (χ2n) is 6.74. The molecule has 1 heterocycles. The molecule has 0 N–H and O–H groups in total. The average Bonchev–Trinajstić information content (AvgIpc) is 2.40. The zero-order valence-corrected chi connectivity index (χ0v) is 12.9. The summed E-state index contributed by atoms with van der Waals surface area (Å²) in [6.07, 6.45) is 3.82. The van der Waals surface area contributed by atoms with E-state index in [1.54, 1.807) is 18.3 Å². The van der Waals surface area contributed by atoms with Gasteiger partial charge in [-0.25, -0.2) is 9.78 Å². The van der Waals surface area contributed by atoms with Gasteiger partial charge in [-0.3, -0.25) is 0 Å². The fourth-order valence-electron chi connectivity index (χ4n) is 4.00. The summed E-state index contributed by atoms with van der Waals surface area (Å²) in [6, 6.07) is 3.36. The number of ether oxygens (including phenoxy) is 1. The number of hydrogen-bond donors (Lipinski definition) is 0. The maximum atomic E-state index is 12.2. The third-order valence-electron chi connectivity index (χ3n) is 5.52. The summed E-state index contributed by atoms with van der Waals surface area (Å²) in [4.78, 5) is 16.1. The molecule has 4 heteroatoms. The fourth-order valence-corrected chi connectivity index (χ4v) is 4.19. The lowest BCUT2D eigenvalue weighted by atomic mass is 9.45. The molecule has 3 saturated carbocycles. The molecule has 108 valence electrons. The molecule has 1 aromatic heterocycles. The maximum Gasteiger partial charge on any atom is 0.341 e. The summed E-state index contributed by atoms with van der Waals surface area (Å²) < 4.78 is 5.70. The number of pyridine rings is 1. The molecule has 1 aromatic rings. The standard InChI is InChI=1S/C16H20ClNO2/c1-9-12-7-10(16(12,2)3)8-13(9)20-15(19)11-5-4-6-18-14(11)17/h4-6,9-10,12-13H,7-8H2,1-3H3/t9-,10-,12-,13+/m1/s1. The highest BCUT2D eigenvalue weighted by atomic mass is 35.5. The van der Waals surface area contributed by atoms with Gasteiger partial charge < -0.3 is 4.74 Å². The lowest BCUT2D eigenvalue weighted by molar-refractivity contribution is -0.156. The Hall–Kier alpha value is -1.09. The normalized spacial score (nSPS) is 34.2. The molecule has 20 heavy (non-hydrogen) atoms. The molecule has 0 amide bonds. The van der Waals surface area contributed by atoms with Crippen molar-refractivity contribution in [2.45, 2.75) is 39.7 Å². The van der Waals surface area contributed by atoms with Gasteiger partial charge in [0.15, 0.2) is 0 Å². The van der Waals surface area contributed by atoms with Gasteiger partial charge in [0.2, 0.25) is 0 Å². The number of carbonyl (C=O) groups is 1. The van der Waals surface area contributed by atoms with Crippen LogP contribution in [0.4, 0.5) is 0 Å². The van der Waals surface area contributed by atoms with Crippen LogP contribution in [0.15, 0.2) is 18.3 Å². The fraction of sp³-hybridized carbons (Fsp3) is 0.625. The second kappa shape index (κ2) is 4.73. The molecule has 4 atom stereocenters. The third kappa shape index (κ3) is 2.03. The van der Waals surface area contributed by atoms with E-state index in [2.05, 4.69) is 25.8 Å². The first-order valence-electron chi connectivity index (χ1n) is 7.22. The molecule has 0 saturated heterocycles. The first-order valence-corrected chi connectivity index (χ1v) is 7.60. The average molecular weight is 294 g/mol. The highest BCUT2D eigenvalue weighted by Crippen LogP contribution is 2.61. The van der Waals surface area contributed by atoms with Crippen LogP contribution in [0.25, 0.3) is 0 Å². The largest absolute Gasteiger partial charge is 0.458 e. The van der Waals surface area contributed by atoms with E-state index in [-0.39, 0.29) is 17.2 Å². The van der Waals surface area contributed by atoms with Gasteiger partial charge in [-0.1, -0.05) is 32.4 Å². The van der Waals surface area contributed by atoms with Crippen LogP contribution in [0.2, 0.25) is 5.15 Å². The molecule has 3 fully saturated rings. The number of rotatable bonds is 2. The molecule has 3 aliphatic rings. The van der Waals surface area contributed by atoms with E-state index in [4.69, 9.17) is 16.3 Å². The number of halogens is 1. The van der Waals surface area contributed by atoms with Crippen LogP contribution < -0.4 is 0 Å². The topological polar surface area (TPSA) is 39.2 Å². The van der Waals surface area contributed by atoms with E-state index >= 15 is 0 Å². The second-order valence-corrected chi connectivity index (χ2v) is 7.10. The van der Waals surface area contributed by atoms with Gasteiger partial charge in [-0.05, 0) is 48.1 Å². The Labute approximate surface area is 124 Å².